The van der Waals surface area contributed by atoms with Crippen LogP contribution in [0, 0.1) is 0 Å². The Morgan fingerprint density at radius 2 is 1.76 bits per heavy atom. The van der Waals surface area contributed by atoms with Gasteiger partial charge in [0.1, 0.15) is 0 Å². The van der Waals surface area contributed by atoms with E-state index in [4.69, 9.17) is 5.73 Å². The summed E-state index contributed by atoms with van der Waals surface area (Å²) >= 11 is 1.66. The number of rotatable bonds is 4. The van der Waals surface area contributed by atoms with E-state index in [9.17, 15) is 5.11 Å². The topological polar surface area (TPSA) is 46.2 Å². The molecule has 2 nitrogen and oxygen atoms in total. The number of benzene rings is 2. The Hall–Kier alpha value is -1.45. The van der Waals surface area contributed by atoms with Crippen molar-refractivity contribution in [1.29, 1.82) is 0 Å². The van der Waals surface area contributed by atoms with E-state index in [1.807, 2.05) is 24.3 Å². The normalized spacial score (nSPS) is 13.1. The predicted octanol–water partition coefficient (Wildman–Crippen LogP) is 4.39. The summed E-state index contributed by atoms with van der Waals surface area (Å²) in [5.41, 5.74) is 8.79. The van der Waals surface area contributed by atoms with Crippen molar-refractivity contribution >= 4 is 17.4 Å². The Balaban J connectivity index is 1.97. The third-order valence-corrected chi connectivity index (χ3v) is 4.51. The lowest BCUT2D eigenvalue weighted by Gasteiger charge is -2.19. The van der Waals surface area contributed by atoms with Crippen molar-refractivity contribution in [3.05, 3.63) is 59.7 Å². The Kier molecular flexibility index (Phi) is 4.96. The number of anilines is 1. The van der Waals surface area contributed by atoms with E-state index in [1.54, 1.807) is 11.8 Å². The standard InChI is InChI=1S/C18H23NOS/c1-18(2,3)14-7-9-16(10-8-14)21-12-17(20)13-5-4-6-15(19)11-13/h4-11,17,20H,12,19H2,1-3H3. The molecule has 21 heavy (non-hydrogen) atoms. The monoisotopic (exact) mass is 301 g/mol. The summed E-state index contributed by atoms with van der Waals surface area (Å²) in [6.07, 6.45) is -0.499. The third-order valence-electron chi connectivity index (χ3n) is 3.42. The van der Waals surface area contributed by atoms with E-state index in [-0.39, 0.29) is 5.41 Å². The van der Waals surface area contributed by atoms with Crippen molar-refractivity contribution in [3.8, 4) is 0 Å². The van der Waals surface area contributed by atoms with Crippen molar-refractivity contribution in [3.63, 3.8) is 0 Å². The average molecular weight is 301 g/mol. The van der Waals surface area contributed by atoms with Crippen LogP contribution in [-0.2, 0) is 5.41 Å². The lowest BCUT2D eigenvalue weighted by Crippen LogP contribution is -2.10. The highest BCUT2D eigenvalue weighted by molar-refractivity contribution is 7.99. The lowest BCUT2D eigenvalue weighted by molar-refractivity contribution is 0.204. The quantitative estimate of drug-likeness (QED) is 0.650. The zero-order chi connectivity index (χ0) is 15.5. The maximum Gasteiger partial charge on any atom is 0.0884 e. The van der Waals surface area contributed by atoms with Crippen molar-refractivity contribution in [1.82, 2.24) is 0 Å². The van der Waals surface area contributed by atoms with Crippen LogP contribution in [-0.4, -0.2) is 10.9 Å². The number of nitrogen functional groups attached to an aromatic ring is 1. The molecular formula is C18H23NOS. The van der Waals surface area contributed by atoms with Gasteiger partial charge in [-0.3, -0.25) is 0 Å². The van der Waals surface area contributed by atoms with Crippen molar-refractivity contribution in [2.45, 2.75) is 37.2 Å². The highest BCUT2D eigenvalue weighted by Gasteiger charge is 2.13. The Morgan fingerprint density at radius 1 is 1.10 bits per heavy atom. The molecule has 0 aromatic heterocycles. The van der Waals surface area contributed by atoms with Crippen LogP contribution in [0.5, 0.6) is 0 Å². The minimum atomic E-state index is -0.499. The molecule has 112 valence electrons. The maximum atomic E-state index is 10.2. The first-order valence-electron chi connectivity index (χ1n) is 7.13. The van der Waals surface area contributed by atoms with Crippen LogP contribution in [0.25, 0.3) is 0 Å². The molecule has 3 heteroatoms. The molecule has 2 rings (SSSR count). The van der Waals surface area contributed by atoms with Gasteiger partial charge in [0, 0.05) is 16.3 Å². The molecular weight excluding hydrogens is 278 g/mol. The maximum absolute atomic E-state index is 10.2. The number of thioether (sulfide) groups is 1. The Morgan fingerprint density at radius 3 is 2.33 bits per heavy atom. The zero-order valence-electron chi connectivity index (χ0n) is 12.8. The van der Waals surface area contributed by atoms with Gasteiger partial charge in [0.2, 0.25) is 0 Å². The highest BCUT2D eigenvalue weighted by atomic mass is 32.2. The number of nitrogens with two attached hydrogens (primary N) is 1. The van der Waals surface area contributed by atoms with Gasteiger partial charge in [-0.2, -0.15) is 0 Å². The molecule has 0 saturated heterocycles. The summed E-state index contributed by atoms with van der Waals surface area (Å²) in [6, 6.07) is 16.0. The van der Waals surface area contributed by atoms with Crippen LogP contribution < -0.4 is 5.73 Å². The number of aliphatic hydroxyl groups excluding tert-OH is 1. The fourth-order valence-electron chi connectivity index (χ4n) is 2.09. The molecule has 0 spiro atoms. The van der Waals surface area contributed by atoms with Crippen LogP contribution in [0.4, 0.5) is 5.69 Å². The fourth-order valence-corrected chi connectivity index (χ4v) is 2.96. The van der Waals surface area contributed by atoms with E-state index in [2.05, 4.69) is 45.0 Å². The van der Waals surface area contributed by atoms with Crippen LogP contribution in [0.2, 0.25) is 0 Å². The smallest absolute Gasteiger partial charge is 0.0884 e. The molecule has 3 N–H and O–H groups in total. The number of hydrogen-bond donors (Lipinski definition) is 2. The average Bonchev–Trinajstić information content (AvgIpc) is 2.44. The minimum Gasteiger partial charge on any atom is -0.399 e. The Labute approximate surface area is 131 Å². The molecule has 0 aliphatic rings. The molecule has 0 aliphatic heterocycles. The summed E-state index contributed by atoms with van der Waals surface area (Å²) in [4.78, 5) is 1.17. The molecule has 1 atom stereocenters. The molecule has 0 heterocycles. The van der Waals surface area contributed by atoms with Gasteiger partial charge >= 0.3 is 0 Å². The minimum absolute atomic E-state index is 0.171. The lowest BCUT2D eigenvalue weighted by atomic mass is 9.87. The molecule has 2 aromatic carbocycles. The van der Waals surface area contributed by atoms with Gasteiger partial charge in [0.05, 0.1) is 6.10 Å². The van der Waals surface area contributed by atoms with Crippen molar-refractivity contribution in [2.24, 2.45) is 0 Å². The predicted molar refractivity (Wildman–Crippen MR) is 91.7 cm³/mol. The van der Waals surface area contributed by atoms with Gasteiger partial charge in [-0.15, -0.1) is 11.8 Å². The summed E-state index contributed by atoms with van der Waals surface area (Å²) in [5, 5.41) is 10.2. The number of aliphatic hydroxyl groups is 1. The van der Waals surface area contributed by atoms with Crippen molar-refractivity contribution in [2.75, 3.05) is 11.5 Å². The summed E-state index contributed by atoms with van der Waals surface area (Å²) < 4.78 is 0. The van der Waals surface area contributed by atoms with Crippen molar-refractivity contribution < 1.29 is 5.11 Å². The van der Waals surface area contributed by atoms with Crippen LogP contribution in [0.1, 0.15) is 38.0 Å². The van der Waals surface area contributed by atoms with Crippen LogP contribution >= 0.6 is 11.8 Å². The largest absolute Gasteiger partial charge is 0.399 e. The first-order valence-corrected chi connectivity index (χ1v) is 8.11. The summed E-state index contributed by atoms with van der Waals surface area (Å²) in [6.45, 7) is 6.62. The van der Waals surface area contributed by atoms with E-state index in [0.29, 0.717) is 11.4 Å². The molecule has 1 unspecified atom stereocenters. The summed E-state index contributed by atoms with van der Waals surface area (Å²) in [7, 11) is 0. The second kappa shape index (κ2) is 6.54. The second-order valence-electron chi connectivity index (χ2n) is 6.27. The molecule has 0 saturated carbocycles. The van der Waals surface area contributed by atoms with Gasteiger partial charge in [0.15, 0.2) is 0 Å². The van der Waals surface area contributed by atoms with Gasteiger partial charge in [0.25, 0.3) is 0 Å². The molecule has 0 fully saturated rings. The zero-order valence-corrected chi connectivity index (χ0v) is 13.7. The van der Waals surface area contributed by atoms with E-state index in [1.165, 1.54) is 10.5 Å². The highest BCUT2D eigenvalue weighted by Crippen LogP contribution is 2.28. The first-order chi connectivity index (χ1) is 9.86. The molecule has 0 radical (unpaired) electrons. The van der Waals surface area contributed by atoms with E-state index < -0.39 is 6.10 Å². The molecule has 0 bridgehead atoms. The van der Waals surface area contributed by atoms with Crippen LogP contribution in [0.15, 0.2) is 53.4 Å². The SMILES string of the molecule is CC(C)(C)c1ccc(SCC(O)c2cccc(N)c2)cc1. The molecule has 0 amide bonds. The van der Waals surface area contributed by atoms with E-state index in [0.717, 1.165) is 5.56 Å². The van der Waals surface area contributed by atoms with Gasteiger partial charge in [-0.1, -0.05) is 45.0 Å². The Bertz CT molecular complexity index is 587. The fraction of sp³-hybridized carbons (Fsp3) is 0.333. The summed E-state index contributed by atoms with van der Waals surface area (Å²) in [5.74, 6) is 0.623. The molecule has 0 aliphatic carbocycles. The molecule has 2 aromatic rings. The first kappa shape index (κ1) is 15.9. The van der Waals surface area contributed by atoms with Gasteiger partial charge < -0.3 is 10.8 Å². The van der Waals surface area contributed by atoms with E-state index >= 15 is 0 Å². The van der Waals surface area contributed by atoms with Gasteiger partial charge in [-0.05, 0) is 40.8 Å². The van der Waals surface area contributed by atoms with Gasteiger partial charge in [-0.25, -0.2) is 0 Å². The second-order valence-corrected chi connectivity index (χ2v) is 7.36. The third kappa shape index (κ3) is 4.51. The number of hydrogen-bond acceptors (Lipinski definition) is 3. The van der Waals surface area contributed by atoms with Crippen LogP contribution in [0.3, 0.4) is 0 Å².